The van der Waals surface area contributed by atoms with Crippen molar-refractivity contribution in [3.8, 4) is 5.75 Å². The van der Waals surface area contributed by atoms with Crippen LogP contribution in [0.5, 0.6) is 5.75 Å². The average Bonchev–Trinajstić information content (AvgIpc) is 2.43. The molecule has 21 heavy (non-hydrogen) atoms. The summed E-state index contributed by atoms with van der Waals surface area (Å²) in [6.45, 7) is 0. The van der Waals surface area contributed by atoms with Crippen molar-refractivity contribution in [2.24, 2.45) is 0 Å². The van der Waals surface area contributed by atoms with Gasteiger partial charge in [-0.3, -0.25) is 4.72 Å². The van der Waals surface area contributed by atoms with Gasteiger partial charge in [0.15, 0.2) is 11.6 Å². The highest BCUT2D eigenvalue weighted by Gasteiger charge is 2.18. The first-order valence-corrected chi connectivity index (χ1v) is 8.02. The maximum Gasteiger partial charge on any atom is 0.263 e. The van der Waals surface area contributed by atoms with Gasteiger partial charge in [-0.05, 0) is 30.3 Å². The molecule has 0 aliphatic rings. The number of benzene rings is 2. The Morgan fingerprint density at radius 2 is 1.95 bits per heavy atom. The molecule has 8 heteroatoms. The molecule has 0 saturated heterocycles. The summed E-state index contributed by atoms with van der Waals surface area (Å²) >= 11 is 3.19. The van der Waals surface area contributed by atoms with E-state index in [1.165, 1.54) is 31.4 Å². The minimum atomic E-state index is -3.89. The third-order valence-corrected chi connectivity index (χ3v) is 4.60. The van der Waals surface area contributed by atoms with Gasteiger partial charge in [0.25, 0.3) is 10.0 Å². The van der Waals surface area contributed by atoms with Crippen LogP contribution in [-0.4, -0.2) is 15.5 Å². The second-order valence-corrected chi connectivity index (χ2v) is 6.70. The van der Waals surface area contributed by atoms with Crippen LogP contribution in [0.15, 0.2) is 45.8 Å². The number of halogens is 2. The predicted octanol–water partition coefficient (Wildman–Crippen LogP) is 2.98. The molecule has 0 aliphatic carbocycles. The van der Waals surface area contributed by atoms with E-state index in [0.717, 1.165) is 6.07 Å². The molecular weight excluding hydrogens is 363 g/mol. The van der Waals surface area contributed by atoms with Crippen molar-refractivity contribution in [3.05, 3.63) is 46.7 Å². The van der Waals surface area contributed by atoms with E-state index in [0.29, 0.717) is 4.47 Å². The van der Waals surface area contributed by atoms with E-state index in [2.05, 4.69) is 20.7 Å². The first-order valence-electron chi connectivity index (χ1n) is 5.75. The predicted molar refractivity (Wildman–Crippen MR) is 82.3 cm³/mol. The van der Waals surface area contributed by atoms with Crippen LogP contribution in [0.25, 0.3) is 0 Å². The molecule has 5 nitrogen and oxygen atoms in total. The van der Waals surface area contributed by atoms with Gasteiger partial charge in [0.05, 0.1) is 18.5 Å². The Labute approximate surface area is 130 Å². The fourth-order valence-corrected chi connectivity index (χ4v) is 3.39. The minimum absolute atomic E-state index is 0.0579. The number of nitrogen functional groups attached to an aromatic ring is 1. The fourth-order valence-electron chi connectivity index (χ4n) is 1.67. The Morgan fingerprint density at radius 1 is 1.24 bits per heavy atom. The zero-order valence-corrected chi connectivity index (χ0v) is 13.3. The molecule has 0 amide bonds. The summed E-state index contributed by atoms with van der Waals surface area (Å²) in [6, 6.07) is 8.16. The molecule has 0 bridgehead atoms. The summed E-state index contributed by atoms with van der Waals surface area (Å²) in [5.41, 5.74) is 5.97. The molecule has 0 spiro atoms. The van der Waals surface area contributed by atoms with Gasteiger partial charge in [-0.1, -0.05) is 15.9 Å². The van der Waals surface area contributed by atoms with Crippen molar-refractivity contribution in [2.45, 2.75) is 4.90 Å². The number of nitrogens with two attached hydrogens (primary N) is 1. The Balaban J connectivity index is 2.40. The van der Waals surface area contributed by atoms with Crippen LogP contribution in [0.2, 0.25) is 0 Å². The van der Waals surface area contributed by atoms with Gasteiger partial charge < -0.3 is 10.5 Å². The number of methoxy groups -OCH3 is 1. The molecule has 2 rings (SSSR count). The highest BCUT2D eigenvalue weighted by Crippen LogP contribution is 2.27. The summed E-state index contributed by atoms with van der Waals surface area (Å²) in [5, 5.41) is 0. The quantitative estimate of drug-likeness (QED) is 0.806. The highest BCUT2D eigenvalue weighted by atomic mass is 79.9. The number of nitrogens with one attached hydrogen (secondary N) is 1. The molecule has 2 aromatic carbocycles. The van der Waals surface area contributed by atoms with Crippen molar-refractivity contribution >= 4 is 37.3 Å². The largest absolute Gasteiger partial charge is 0.494 e. The molecule has 0 unspecified atom stereocenters. The van der Waals surface area contributed by atoms with Crippen LogP contribution < -0.4 is 15.2 Å². The molecule has 0 saturated carbocycles. The molecule has 0 aliphatic heterocycles. The lowest BCUT2D eigenvalue weighted by Crippen LogP contribution is -2.15. The topological polar surface area (TPSA) is 81.4 Å². The summed E-state index contributed by atoms with van der Waals surface area (Å²) < 4.78 is 45.7. The van der Waals surface area contributed by atoms with Crippen molar-refractivity contribution in [1.29, 1.82) is 0 Å². The molecule has 0 heterocycles. The second-order valence-electron chi connectivity index (χ2n) is 4.14. The van der Waals surface area contributed by atoms with Crippen molar-refractivity contribution in [3.63, 3.8) is 0 Å². The summed E-state index contributed by atoms with van der Waals surface area (Å²) in [4.78, 5) is -0.0693. The molecule has 0 fully saturated rings. The number of hydrogen-bond donors (Lipinski definition) is 2. The summed E-state index contributed by atoms with van der Waals surface area (Å²) in [7, 11) is -2.59. The van der Waals surface area contributed by atoms with Crippen molar-refractivity contribution in [2.75, 3.05) is 17.6 Å². The monoisotopic (exact) mass is 374 g/mol. The normalized spacial score (nSPS) is 11.2. The first kappa shape index (κ1) is 15.6. The van der Waals surface area contributed by atoms with Crippen LogP contribution in [0.3, 0.4) is 0 Å². The van der Waals surface area contributed by atoms with Gasteiger partial charge >= 0.3 is 0 Å². The van der Waals surface area contributed by atoms with E-state index < -0.39 is 15.8 Å². The Bertz CT molecular complexity index is 781. The van der Waals surface area contributed by atoms with E-state index in [1.807, 2.05) is 0 Å². The van der Waals surface area contributed by atoms with Gasteiger partial charge in [0.1, 0.15) is 4.90 Å². The van der Waals surface area contributed by atoms with E-state index in [9.17, 15) is 12.8 Å². The maximum absolute atomic E-state index is 13.3. The lowest BCUT2D eigenvalue weighted by Gasteiger charge is -2.11. The number of anilines is 2. The van der Waals surface area contributed by atoms with Crippen LogP contribution in [0.4, 0.5) is 15.8 Å². The highest BCUT2D eigenvalue weighted by molar-refractivity contribution is 9.10. The van der Waals surface area contributed by atoms with E-state index in [4.69, 9.17) is 10.5 Å². The zero-order valence-electron chi connectivity index (χ0n) is 10.9. The van der Waals surface area contributed by atoms with Crippen LogP contribution >= 0.6 is 15.9 Å². The van der Waals surface area contributed by atoms with Crippen molar-refractivity contribution in [1.82, 2.24) is 0 Å². The lowest BCUT2D eigenvalue weighted by molar-refractivity contribution is 0.387. The fraction of sp³-hybridized carbons (Fsp3) is 0.0769. The minimum Gasteiger partial charge on any atom is -0.494 e. The summed E-state index contributed by atoms with van der Waals surface area (Å²) in [5.74, 6) is -0.639. The van der Waals surface area contributed by atoms with Gasteiger partial charge in [-0.15, -0.1) is 0 Å². The number of hydrogen-bond acceptors (Lipinski definition) is 4. The number of ether oxygens (including phenoxy) is 1. The van der Waals surface area contributed by atoms with Gasteiger partial charge in [0.2, 0.25) is 0 Å². The Morgan fingerprint density at radius 3 is 2.62 bits per heavy atom. The first-order chi connectivity index (χ1) is 9.83. The van der Waals surface area contributed by atoms with Gasteiger partial charge in [0, 0.05) is 10.5 Å². The van der Waals surface area contributed by atoms with E-state index in [1.54, 1.807) is 6.07 Å². The zero-order chi connectivity index (χ0) is 15.6. The molecular formula is C13H12BrFN2O3S. The smallest absolute Gasteiger partial charge is 0.263 e. The Hall–Kier alpha value is -1.80. The molecule has 0 aromatic heterocycles. The van der Waals surface area contributed by atoms with Crippen molar-refractivity contribution < 1.29 is 17.5 Å². The molecule has 2 aromatic rings. The van der Waals surface area contributed by atoms with Crippen LogP contribution in [0.1, 0.15) is 0 Å². The second kappa shape index (κ2) is 5.90. The summed E-state index contributed by atoms with van der Waals surface area (Å²) in [6.07, 6.45) is 0. The van der Waals surface area contributed by atoms with E-state index >= 15 is 0 Å². The standard InChI is InChI=1S/C13H12BrFN2O3S/c1-20-12-7-9(3-4-10(12)15)17-21(18,19)13-6-8(14)2-5-11(13)16/h2-7,17H,16H2,1H3. The van der Waals surface area contributed by atoms with Gasteiger partial charge in [-0.2, -0.15) is 0 Å². The third kappa shape index (κ3) is 3.45. The molecule has 0 radical (unpaired) electrons. The maximum atomic E-state index is 13.3. The van der Waals surface area contributed by atoms with Crippen LogP contribution in [0, 0.1) is 5.82 Å². The van der Waals surface area contributed by atoms with E-state index in [-0.39, 0.29) is 22.0 Å². The van der Waals surface area contributed by atoms with Crippen LogP contribution in [-0.2, 0) is 10.0 Å². The molecule has 3 N–H and O–H groups in total. The SMILES string of the molecule is COc1cc(NS(=O)(=O)c2cc(Br)ccc2N)ccc1F. The number of sulfonamides is 1. The van der Waals surface area contributed by atoms with Gasteiger partial charge in [-0.25, -0.2) is 12.8 Å². The number of rotatable bonds is 4. The molecule has 0 atom stereocenters. The Kier molecular flexibility index (Phi) is 4.38. The third-order valence-electron chi connectivity index (χ3n) is 2.67. The average molecular weight is 375 g/mol. The lowest BCUT2D eigenvalue weighted by atomic mass is 10.3. The molecule has 112 valence electrons.